The highest BCUT2D eigenvalue weighted by atomic mass is 35.5. The van der Waals surface area contributed by atoms with Crippen molar-refractivity contribution in [3.05, 3.63) is 57.6 Å². The minimum absolute atomic E-state index is 0.00208. The Morgan fingerprint density at radius 1 is 1.05 bits per heavy atom. The molecule has 0 unspecified atom stereocenters. The van der Waals surface area contributed by atoms with Gasteiger partial charge in [-0.25, -0.2) is 0 Å². The maximum atomic E-state index is 11.6. The van der Waals surface area contributed by atoms with Crippen LogP contribution in [0.2, 0.25) is 10.0 Å². The summed E-state index contributed by atoms with van der Waals surface area (Å²) in [7, 11) is 0. The fourth-order valence-corrected chi connectivity index (χ4v) is 4.72. The lowest BCUT2D eigenvalue weighted by atomic mass is 9.78. The maximum absolute atomic E-state index is 11.6. The molecule has 1 heterocycles. The van der Waals surface area contributed by atoms with Crippen molar-refractivity contribution in [1.29, 1.82) is 0 Å². The van der Waals surface area contributed by atoms with Crippen LogP contribution in [-0.2, 0) is 19.7 Å². The highest BCUT2D eigenvalue weighted by Crippen LogP contribution is 2.40. The average Bonchev–Trinajstić information content (AvgIpc) is 2.87. The molecule has 1 fully saturated rings. The molecule has 204 valence electrons. The van der Waals surface area contributed by atoms with Crippen LogP contribution in [0.4, 0.5) is 0 Å². The van der Waals surface area contributed by atoms with Gasteiger partial charge in [-0.3, -0.25) is 9.69 Å². The summed E-state index contributed by atoms with van der Waals surface area (Å²) < 4.78 is 22.4. The van der Waals surface area contributed by atoms with E-state index in [2.05, 4.69) is 18.7 Å². The molecule has 1 saturated heterocycles. The molecule has 2 atom stereocenters. The Bertz CT molecular complexity index is 1000. The van der Waals surface area contributed by atoms with Crippen molar-refractivity contribution in [3.8, 4) is 11.5 Å². The Labute approximate surface area is 233 Å². The van der Waals surface area contributed by atoms with Gasteiger partial charge in [-0.15, -0.1) is 11.6 Å². The Morgan fingerprint density at radius 2 is 1.68 bits per heavy atom. The van der Waals surface area contributed by atoms with E-state index in [0.29, 0.717) is 41.3 Å². The van der Waals surface area contributed by atoms with Gasteiger partial charge in [0.2, 0.25) is 0 Å². The predicted molar refractivity (Wildman–Crippen MR) is 146 cm³/mol. The average molecular weight is 575 g/mol. The summed E-state index contributed by atoms with van der Waals surface area (Å²) in [4.78, 5) is 13.8. The van der Waals surface area contributed by atoms with Gasteiger partial charge >= 0.3 is 5.97 Å². The predicted octanol–water partition coefficient (Wildman–Crippen LogP) is 4.94. The number of alkyl halides is 1. The fraction of sp³-hybridized carbons (Fsp3) is 0.519. The number of morpholine rings is 1. The highest BCUT2D eigenvalue weighted by Gasteiger charge is 2.26. The number of halogens is 3. The summed E-state index contributed by atoms with van der Waals surface area (Å²) in [5.41, 5.74) is 1.52. The van der Waals surface area contributed by atoms with E-state index in [0.717, 1.165) is 24.2 Å². The highest BCUT2D eigenvalue weighted by molar-refractivity contribution is 6.37. The van der Waals surface area contributed by atoms with Crippen molar-refractivity contribution in [2.75, 3.05) is 51.9 Å². The summed E-state index contributed by atoms with van der Waals surface area (Å²) >= 11 is 18.6. The largest absolute Gasteiger partial charge is 0.490 e. The van der Waals surface area contributed by atoms with Crippen LogP contribution in [0, 0.1) is 0 Å². The first kappa shape index (κ1) is 29.8. The molecule has 0 spiro atoms. The molecule has 0 amide bonds. The van der Waals surface area contributed by atoms with Crippen LogP contribution >= 0.6 is 34.8 Å². The minimum atomic E-state index is -0.811. The third kappa shape index (κ3) is 8.63. The lowest BCUT2D eigenvalue weighted by Gasteiger charge is -2.30. The molecule has 1 aliphatic heterocycles. The van der Waals surface area contributed by atoms with Crippen molar-refractivity contribution in [2.45, 2.75) is 38.4 Å². The smallest absolute Gasteiger partial charge is 0.303 e. The molecule has 7 nitrogen and oxygen atoms in total. The van der Waals surface area contributed by atoms with Crippen molar-refractivity contribution >= 4 is 40.8 Å². The summed E-state index contributed by atoms with van der Waals surface area (Å²) in [6.07, 6.45) is -1.18. The van der Waals surface area contributed by atoms with Gasteiger partial charge in [0.15, 0.2) is 5.75 Å². The number of benzene rings is 2. The molecular weight excluding hydrogens is 541 g/mol. The Balaban J connectivity index is 1.66. The molecule has 3 rings (SSSR count). The second-order valence-electron chi connectivity index (χ2n) is 9.49. The molecule has 2 aromatic carbocycles. The number of carbonyl (C=O) groups excluding carboxylic acids is 1. The standard InChI is InChI=1S/C27H34Cl3NO6/c1-18(32)37-23(15-31-8-10-34-11-9-31)17-35-22-6-4-19(5-7-22)27(2,3)20-12-24(29)26(25(30)13-20)36-16-21(33)14-28/h4-7,12-13,21,23,33H,8-11,14-17H2,1-3H3/t21-,23+/m1/s1. The van der Waals surface area contributed by atoms with Gasteiger partial charge in [0.25, 0.3) is 0 Å². The first-order chi connectivity index (χ1) is 17.6. The van der Waals surface area contributed by atoms with E-state index in [9.17, 15) is 9.90 Å². The number of aliphatic hydroxyl groups excluding tert-OH is 1. The third-order valence-electron chi connectivity index (χ3n) is 6.23. The molecular formula is C27H34Cl3NO6. The number of esters is 1. The second-order valence-corrected chi connectivity index (χ2v) is 10.6. The SMILES string of the molecule is CC(=O)O[C@H](COc1ccc(C(C)(C)c2cc(Cl)c(OC[C@H](O)CCl)c(Cl)c2)cc1)CN1CCOCC1. The molecule has 0 aromatic heterocycles. The topological polar surface area (TPSA) is 77.5 Å². The van der Waals surface area contributed by atoms with Gasteiger partial charge in [-0.1, -0.05) is 49.2 Å². The summed E-state index contributed by atoms with van der Waals surface area (Å²) in [5, 5.41) is 10.4. The van der Waals surface area contributed by atoms with Gasteiger partial charge in [0.05, 0.1) is 29.1 Å². The van der Waals surface area contributed by atoms with E-state index in [1.165, 1.54) is 6.92 Å². The number of rotatable bonds is 12. The van der Waals surface area contributed by atoms with Crippen LogP contribution in [0.1, 0.15) is 31.9 Å². The van der Waals surface area contributed by atoms with E-state index < -0.39 is 11.5 Å². The molecule has 0 saturated carbocycles. The fourth-order valence-electron chi connectivity index (χ4n) is 4.04. The Morgan fingerprint density at radius 3 is 2.24 bits per heavy atom. The third-order valence-corrected chi connectivity index (χ3v) is 7.15. The maximum Gasteiger partial charge on any atom is 0.303 e. The van der Waals surface area contributed by atoms with Gasteiger partial charge in [0, 0.05) is 32.0 Å². The number of ether oxygens (including phenoxy) is 4. The van der Waals surface area contributed by atoms with Gasteiger partial charge in [0.1, 0.15) is 31.2 Å². The zero-order chi connectivity index (χ0) is 27.0. The number of hydrogen-bond donors (Lipinski definition) is 1. The van der Waals surface area contributed by atoms with E-state index in [1.54, 1.807) is 0 Å². The summed E-state index contributed by atoms with van der Waals surface area (Å²) in [5.74, 6) is 0.715. The van der Waals surface area contributed by atoms with E-state index in [-0.39, 0.29) is 31.2 Å². The van der Waals surface area contributed by atoms with Gasteiger partial charge < -0.3 is 24.1 Å². The molecule has 0 bridgehead atoms. The van der Waals surface area contributed by atoms with Crippen molar-refractivity contribution < 1.29 is 28.8 Å². The normalized spacial score (nSPS) is 16.2. The Kier molecular flexibility index (Phi) is 11.2. The Hall–Kier alpha value is -1.74. The van der Waals surface area contributed by atoms with Crippen LogP contribution in [0.3, 0.4) is 0 Å². The molecule has 37 heavy (non-hydrogen) atoms. The molecule has 1 N–H and O–H groups in total. The quantitative estimate of drug-likeness (QED) is 0.284. The minimum Gasteiger partial charge on any atom is -0.490 e. The monoisotopic (exact) mass is 573 g/mol. The van der Waals surface area contributed by atoms with Crippen LogP contribution < -0.4 is 9.47 Å². The summed E-state index contributed by atoms with van der Waals surface area (Å²) in [6.45, 7) is 9.36. The van der Waals surface area contributed by atoms with Crippen LogP contribution in [-0.4, -0.2) is 80.1 Å². The molecule has 0 aliphatic carbocycles. The van der Waals surface area contributed by atoms with E-state index >= 15 is 0 Å². The van der Waals surface area contributed by atoms with E-state index in [1.807, 2.05) is 36.4 Å². The van der Waals surface area contributed by atoms with Gasteiger partial charge in [-0.2, -0.15) is 0 Å². The van der Waals surface area contributed by atoms with Gasteiger partial charge in [-0.05, 0) is 35.4 Å². The summed E-state index contributed by atoms with van der Waals surface area (Å²) in [6, 6.07) is 11.4. The molecule has 2 aromatic rings. The molecule has 1 aliphatic rings. The van der Waals surface area contributed by atoms with Crippen LogP contribution in [0.15, 0.2) is 36.4 Å². The van der Waals surface area contributed by atoms with Crippen molar-refractivity contribution in [2.24, 2.45) is 0 Å². The van der Waals surface area contributed by atoms with Crippen LogP contribution in [0.5, 0.6) is 11.5 Å². The first-order valence-corrected chi connectivity index (χ1v) is 13.5. The lowest BCUT2D eigenvalue weighted by Crippen LogP contribution is -2.43. The second kappa shape index (κ2) is 13.9. The lowest BCUT2D eigenvalue weighted by molar-refractivity contribution is -0.149. The molecule has 10 heteroatoms. The number of hydrogen-bond acceptors (Lipinski definition) is 7. The number of carbonyl (C=O) groups is 1. The zero-order valence-corrected chi connectivity index (χ0v) is 23.6. The number of aliphatic hydroxyl groups is 1. The van der Waals surface area contributed by atoms with Crippen LogP contribution in [0.25, 0.3) is 0 Å². The first-order valence-electron chi connectivity index (χ1n) is 12.2. The molecule has 0 radical (unpaired) electrons. The number of nitrogens with zero attached hydrogens (tertiary/aromatic N) is 1. The van der Waals surface area contributed by atoms with Crippen molar-refractivity contribution in [3.63, 3.8) is 0 Å². The van der Waals surface area contributed by atoms with E-state index in [4.69, 9.17) is 53.8 Å². The zero-order valence-electron chi connectivity index (χ0n) is 21.3. The van der Waals surface area contributed by atoms with Crippen molar-refractivity contribution in [1.82, 2.24) is 4.90 Å².